The first-order chi connectivity index (χ1) is 8.04. The fourth-order valence-corrected chi connectivity index (χ4v) is 2.82. The quantitative estimate of drug-likeness (QED) is 0.823. The van der Waals surface area contributed by atoms with Crippen molar-refractivity contribution in [2.24, 2.45) is 0 Å². The third-order valence-electron chi connectivity index (χ3n) is 2.75. The summed E-state index contributed by atoms with van der Waals surface area (Å²) in [5, 5.41) is 0. The highest BCUT2D eigenvalue weighted by atomic mass is 32.2. The predicted octanol–water partition coefficient (Wildman–Crippen LogP) is -0.00540. The molecule has 94 valence electrons. The van der Waals surface area contributed by atoms with E-state index in [-0.39, 0.29) is 6.04 Å². The van der Waals surface area contributed by atoms with Crippen LogP contribution in [0.4, 0.5) is 5.82 Å². The molecule has 0 aliphatic carbocycles. The second-order valence-electron chi connectivity index (χ2n) is 4.21. The lowest BCUT2D eigenvalue weighted by molar-refractivity contribution is 0.460. The molecule has 1 N–H and O–H groups in total. The molecule has 0 radical (unpaired) electrons. The first-order valence-electron chi connectivity index (χ1n) is 5.53. The lowest BCUT2D eigenvalue weighted by Gasteiger charge is -2.32. The molecule has 0 aromatic carbocycles. The average Bonchev–Trinajstić information content (AvgIpc) is 2.29. The van der Waals surface area contributed by atoms with Crippen molar-refractivity contribution in [1.29, 1.82) is 0 Å². The monoisotopic (exact) mass is 256 g/mol. The van der Waals surface area contributed by atoms with E-state index in [0.717, 1.165) is 31.7 Å². The van der Waals surface area contributed by atoms with Crippen molar-refractivity contribution in [3.8, 4) is 0 Å². The van der Waals surface area contributed by atoms with Crippen molar-refractivity contribution in [1.82, 2.24) is 14.7 Å². The molecule has 7 heteroatoms. The van der Waals surface area contributed by atoms with Crippen LogP contribution in [0.1, 0.15) is 12.8 Å². The fourth-order valence-electron chi connectivity index (χ4n) is 1.98. The third kappa shape index (κ3) is 3.64. The summed E-state index contributed by atoms with van der Waals surface area (Å²) >= 11 is 0. The molecule has 0 spiro atoms. The lowest BCUT2D eigenvalue weighted by atomic mass is 10.1. The summed E-state index contributed by atoms with van der Waals surface area (Å²) in [6.45, 7) is 1.60. The smallest absolute Gasteiger partial charge is 0.208 e. The van der Waals surface area contributed by atoms with Gasteiger partial charge in [-0.3, -0.25) is 4.98 Å². The van der Waals surface area contributed by atoms with Crippen LogP contribution < -0.4 is 9.62 Å². The number of hydrogen-bond donors (Lipinski definition) is 1. The van der Waals surface area contributed by atoms with Gasteiger partial charge in [-0.2, -0.15) is 0 Å². The van der Waals surface area contributed by atoms with Gasteiger partial charge < -0.3 is 4.90 Å². The van der Waals surface area contributed by atoms with Crippen LogP contribution in [0.3, 0.4) is 0 Å². The topological polar surface area (TPSA) is 75.2 Å². The average molecular weight is 256 g/mol. The van der Waals surface area contributed by atoms with Gasteiger partial charge in [-0.15, -0.1) is 0 Å². The van der Waals surface area contributed by atoms with Crippen molar-refractivity contribution >= 4 is 15.8 Å². The molecular weight excluding hydrogens is 240 g/mol. The van der Waals surface area contributed by atoms with E-state index in [4.69, 9.17) is 0 Å². The molecule has 17 heavy (non-hydrogen) atoms. The molecular formula is C10H16N4O2S. The Kier molecular flexibility index (Phi) is 3.58. The third-order valence-corrected chi connectivity index (χ3v) is 3.51. The molecule has 2 rings (SSSR count). The number of aromatic nitrogens is 2. The van der Waals surface area contributed by atoms with Crippen LogP contribution in [0, 0.1) is 0 Å². The van der Waals surface area contributed by atoms with Gasteiger partial charge >= 0.3 is 0 Å². The second kappa shape index (κ2) is 4.97. The van der Waals surface area contributed by atoms with Crippen molar-refractivity contribution < 1.29 is 8.42 Å². The maximum Gasteiger partial charge on any atom is 0.208 e. The maximum absolute atomic E-state index is 11.1. The summed E-state index contributed by atoms with van der Waals surface area (Å²) < 4.78 is 24.8. The molecule has 1 aliphatic rings. The molecule has 1 aromatic rings. The number of sulfonamides is 1. The number of piperidine rings is 1. The minimum absolute atomic E-state index is 0.0397. The van der Waals surface area contributed by atoms with E-state index in [2.05, 4.69) is 19.6 Å². The molecule has 1 saturated heterocycles. The first-order valence-corrected chi connectivity index (χ1v) is 7.42. The summed E-state index contributed by atoms with van der Waals surface area (Å²) in [6.07, 6.45) is 7.82. The lowest BCUT2D eigenvalue weighted by Crippen LogP contribution is -2.44. The normalized spacial score (nSPS) is 18.3. The molecule has 0 unspecified atom stereocenters. The van der Waals surface area contributed by atoms with Crippen LogP contribution in [0.25, 0.3) is 0 Å². The zero-order chi connectivity index (χ0) is 12.3. The predicted molar refractivity (Wildman–Crippen MR) is 65.2 cm³/mol. The van der Waals surface area contributed by atoms with Gasteiger partial charge in [-0.05, 0) is 12.8 Å². The van der Waals surface area contributed by atoms with E-state index in [0.29, 0.717) is 0 Å². The summed E-state index contributed by atoms with van der Waals surface area (Å²) in [4.78, 5) is 10.4. The Hall–Kier alpha value is -1.21. The standard InChI is InChI=1S/C10H16N4O2S/c1-17(15,16)13-9-2-6-14(7-3-9)10-8-11-4-5-12-10/h4-5,8-9,13H,2-3,6-7H2,1H3. The number of hydrogen-bond acceptors (Lipinski definition) is 5. The van der Waals surface area contributed by atoms with Gasteiger partial charge in [-0.25, -0.2) is 18.1 Å². The van der Waals surface area contributed by atoms with E-state index in [1.165, 1.54) is 6.26 Å². The van der Waals surface area contributed by atoms with E-state index < -0.39 is 10.0 Å². The second-order valence-corrected chi connectivity index (χ2v) is 5.99. The van der Waals surface area contributed by atoms with Gasteiger partial charge in [0.1, 0.15) is 5.82 Å². The Balaban J connectivity index is 1.91. The van der Waals surface area contributed by atoms with E-state index in [1.807, 2.05) is 0 Å². The molecule has 1 aromatic heterocycles. The van der Waals surface area contributed by atoms with Crippen LogP contribution in [0.2, 0.25) is 0 Å². The minimum atomic E-state index is -3.10. The van der Waals surface area contributed by atoms with Gasteiger partial charge in [0, 0.05) is 31.5 Å². The van der Waals surface area contributed by atoms with Gasteiger partial charge in [0.25, 0.3) is 0 Å². The van der Waals surface area contributed by atoms with E-state index in [1.54, 1.807) is 18.6 Å². The van der Waals surface area contributed by atoms with Crippen LogP contribution in [0.15, 0.2) is 18.6 Å². The summed E-state index contributed by atoms with van der Waals surface area (Å²) in [7, 11) is -3.10. The van der Waals surface area contributed by atoms with Gasteiger partial charge in [0.15, 0.2) is 0 Å². The SMILES string of the molecule is CS(=O)(=O)NC1CCN(c2cnccn2)CC1. The van der Waals surface area contributed by atoms with Crippen LogP contribution in [-0.4, -0.2) is 43.8 Å². The minimum Gasteiger partial charge on any atom is -0.355 e. The summed E-state index contributed by atoms with van der Waals surface area (Å²) in [6, 6.07) is 0.0397. The Morgan fingerprint density at radius 1 is 1.35 bits per heavy atom. The zero-order valence-corrected chi connectivity index (χ0v) is 10.5. The number of rotatable bonds is 3. The van der Waals surface area contributed by atoms with Crippen molar-refractivity contribution in [3.05, 3.63) is 18.6 Å². The Bertz CT molecular complexity index is 454. The van der Waals surface area contributed by atoms with Crippen molar-refractivity contribution in [2.45, 2.75) is 18.9 Å². The van der Waals surface area contributed by atoms with Crippen LogP contribution >= 0.6 is 0 Å². The molecule has 0 saturated carbocycles. The number of anilines is 1. The van der Waals surface area contributed by atoms with Crippen LogP contribution in [-0.2, 0) is 10.0 Å². The Morgan fingerprint density at radius 2 is 2.06 bits per heavy atom. The number of nitrogens with one attached hydrogen (secondary N) is 1. The maximum atomic E-state index is 11.1. The largest absolute Gasteiger partial charge is 0.355 e. The van der Waals surface area contributed by atoms with E-state index in [9.17, 15) is 8.42 Å². The molecule has 6 nitrogen and oxygen atoms in total. The fraction of sp³-hybridized carbons (Fsp3) is 0.600. The first kappa shape index (κ1) is 12.3. The summed E-state index contributed by atoms with van der Waals surface area (Å²) in [5.41, 5.74) is 0. The molecule has 0 amide bonds. The Morgan fingerprint density at radius 3 is 2.59 bits per heavy atom. The van der Waals surface area contributed by atoms with Crippen LogP contribution in [0.5, 0.6) is 0 Å². The van der Waals surface area contributed by atoms with E-state index >= 15 is 0 Å². The highest BCUT2D eigenvalue weighted by Gasteiger charge is 2.22. The van der Waals surface area contributed by atoms with Gasteiger partial charge in [0.05, 0.1) is 12.5 Å². The molecule has 2 heterocycles. The zero-order valence-electron chi connectivity index (χ0n) is 9.70. The van der Waals surface area contributed by atoms with Gasteiger partial charge in [-0.1, -0.05) is 0 Å². The molecule has 1 aliphatic heterocycles. The highest BCUT2D eigenvalue weighted by Crippen LogP contribution is 2.16. The molecule has 1 fully saturated rings. The van der Waals surface area contributed by atoms with Gasteiger partial charge in [0.2, 0.25) is 10.0 Å². The molecule has 0 bridgehead atoms. The highest BCUT2D eigenvalue weighted by molar-refractivity contribution is 7.88. The van der Waals surface area contributed by atoms with Crippen molar-refractivity contribution in [3.63, 3.8) is 0 Å². The summed E-state index contributed by atoms with van der Waals surface area (Å²) in [5.74, 6) is 0.852. The Labute approximate surface area is 101 Å². The number of nitrogens with zero attached hydrogens (tertiary/aromatic N) is 3. The van der Waals surface area contributed by atoms with Crippen molar-refractivity contribution in [2.75, 3.05) is 24.2 Å². The molecule has 0 atom stereocenters.